The molecule has 46 heavy (non-hydrogen) atoms. The molecule has 3 aliphatic rings. The molecule has 6 rings (SSSR count). The van der Waals surface area contributed by atoms with Crippen LogP contribution in [-0.4, -0.2) is 90.4 Å². The number of carbonyl (C=O) groups excluding carboxylic acids is 3. The van der Waals surface area contributed by atoms with E-state index in [1.807, 2.05) is 16.7 Å². The highest BCUT2D eigenvalue weighted by atomic mass is 35.5. The number of anilines is 2. The van der Waals surface area contributed by atoms with Gasteiger partial charge < -0.3 is 41.9 Å². The molecule has 2 saturated heterocycles. The van der Waals surface area contributed by atoms with Gasteiger partial charge in [0.05, 0.1) is 23.9 Å². The molecule has 7 N–H and O–H groups in total. The van der Waals surface area contributed by atoms with Crippen LogP contribution in [-0.2, 0) is 30.6 Å². The Morgan fingerprint density at radius 1 is 1.37 bits per heavy atom. The lowest BCUT2D eigenvalue weighted by Gasteiger charge is -2.50. The Balaban J connectivity index is 1.25. The van der Waals surface area contributed by atoms with E-state index in [2.05, 4.69) is 25.8 Å². The van der Waals surface area contributed by atoms with E-state index in [9.17, 15) is 24.3 Å². The lowest BCUT2D eigenvalue weighted by molar-refractivity contribution is -0.664. The van der Waals surface area contributed by atoms with E-state index in [-0.39, 0.29) is 39.2 Å². The van der Waals surface area contributed by atoms with Crippen LogP contribution >= 0.6 is 34.7 Å². The molecule has 3 aromatic rings. The highest BCUT2D eigenvalue weighted by Crippen LogP contribution is 2.40. The second-order valence-corrected chi connectivity index (χ2v) is 13.4. The third-order valence-corrected chi connectivity index (χ3v) is 10.2. The summed E-state index contributed by atoms with van der Waals surface area (Å²) in [6, 6.07) is 2.70. The van der Waals surface area contributed by atoms with E-state index in [4.69, 9.17) is 33.0 Å². The molecule has 0 spiro atoms. The Hall–Kier alpha value is -4.46. The zero-order chi connectivity index (χ0) is 32.9. The van der Waals surface area contributed by atoms with Crippen molar-refractivity contribution in [3.63, 3.8) is 0 Å². The first-order valence-electron chi connectivity index (χ1n) is 13.9. The SMILES string of the molecule is C[C@H](O/N=C(\C(=O)N[C@@H]1C(=O)N2C(C(=O)[O-])=C(C[n+]3cccc4c3nc(N)n4[C@H]3CCNC3)CSC12)c1nc(N)sc1Cl)C(=O)O. The van der Waals surface area contributed by atoms with E-state index in [0.29, 0.717) is 17.2 Å². The molecule has 0 bridgehead atoms. The number of nitrogens with zero attached hydrogens (tertiary/aromatic N) is 6. The highest BCUT2D eigenvalue weighted by molar-refractivity contribution is 8.00. The summed E-state index contributed by atoms with van der Waals surface area (Å²) in [7, 11) is 0. The van der Waals surface area contributed by atoms with E-state index < -0.39 is 47.0 Å². The number of carbonyl (C=O) groups is 4. The van der Waals surface area contributed by atoms with Gasteiger partial charge >= 0.3 is 17.6 Å². The number of amides is 2. The highest BCUT2D eigenvalue weighted by Gasteiger charge is 2.53. The maximum atomic E-state index is 13.4. The van der Waals surface area contributed by atoms with Crippen LogP contribution in [0.2, 0.25) is 4.34 Å². The minimum absolute atomic E-state index is 0.00957. The zero-order valence-electron chi connectivity index (χ0n) is 24.0. The molecule has 2 fully saturated rings. The number of carboxylic acid groups (broad SMARTS) is 2. The number of hydrogen-bond acceptors (Lipinski definition) is 14. The summed E-state index contributed by atoms with van der Waals surface area (Å²) in [6.45, 7) is 2.91. The van der Waals surface area contributed by atoms with Crippen molar-refractivity contribution >= 4 is 86.4 Å². The number of aromatic nitrogens is 4. The van der Waals surface area contributed by atoms with Crippen molar-refractivity contribution in [2.24, 2.45) is 5.16 Å². The first-order valence-corrected chi connectivity index (χ1v) is 16.1. The van der Waals surface area contributed by atoms with Gasteiger partial charge in [-0.05, 0) is 37.0 Å². The molecule has 3 aromatic heterocycles. The summed E-state index contributed by atoms with van der Waals surface area (Å²) < 4.78 is 3.73. The maximum absolute atomic E-state index is 13.4. The van der Waals surface area contributed by atoms with Crippen molar-refractivity contribution in [3.05, 3.63) is 39.6 Å². The number of thioether (sulfide) groups is 1. The number of carboxylic acids is 2. The molecule has 242 valence electrons. The third-order valence-electron chi connectivity index (χ3n) is 7.73. The summed E-state index contributed by atoms with van der Waals surface area (Å²) in [5.74, 6) is -4.00. The van der Waals surface area contributed by atoms with E-state index in [0.717, 1.165) is 41.3 Å². The minimum Gasteiger partial charge on any atom is -0.543 e. The quantitative estimate of drug-likeness (QED) is 0.0699. The topological polar surface area (TPSA) is 247 Å². The normalized spacial score (nSPS) is 22.0. The number of pyridine rings is 1. The van der Waals surface area contributed by atoms with Gasteiger partial charge in [0.15, 0.2) is 10.8 Å². The minimum atomic E-state index is -1.55. The van der Waals surface area contributed by atoms with Gasteiger partial charge in [0.25, 0.3) is 11.8 Å². The predicted octanol–water partition coefficient (Wildman–Crippen LogP) is -1.57. The van der Waals surface area contributed by atoms with Crippen molar-refractivity contribution in [3.8, 4) is 0 Å². The number of imidazole rings is 1. The standard InChI is InChI=1S/C26H27ClN10O7S2/c1-10(23(40)41)44-34-15(14-18(27)46-26(29)32-14)20(38)31-16-21(39)37-17(24(42)43)11(9-45-22(16)37)8-35-6-2-3-13-19(35)33-25(28)36(13)12-4-5-30-7-12/h2-3,6,10,12,16,22,28,30H,4-5,7-9H2,1H3,(H5,29,31,32,38,40,41,42,43)/b34-15-/t10-,12-,16+,22?/m0/s1. The average Bonchev–Trinajstić information content (AvgIpc) is 3.74. The van der Waals surface area contributed by atoms with Crippen LogP contribution in [0.15, 0.2) is 34.8 Å². The number of rotatable bonds is 10. The summed E-state index contributed by atoms with van der Waals surface area (Å²) >= 11 is 8.27. The number of nitrogens with one attached hydrogen (secondary N) is 2. The Morgan fingerprint density at radius 3 is 2.80 bits per heavy atom. The summed E-state index contributed by atoms with van der Waals surface area (Å²) in [5, 5.41) is 30.3. The zero-order valence-corrected chi connectivity index (χ0v) is 26.4. The van der Waals surface area contributed by atoms with E-state index in [1.165, 1.54) is 18.7 Å². The van der Waals surface area contributed by atoms with Crippen LogP contribution in [0.25, 0.3) is 11.2 Å². The molecule has 2 amide bonds. The summed E-state index contributed by atoms with van der Waals surface area (Å²) in [4.78, 5) is 64.9. The Bertz CT molecular complexity index is 1840. The van der Waals surface area contributed by atoms with Crippen LogP contribution in [0, 0.1) is 0 Å². The van der Waals surface area contributed by atoms with Crippen LogP contribution < -0.4 is 31.8 Å². The van der Waals surface area contributed by atoms with Crippen molar-refractivity contribution in [1.29, 1.82) is 0 Å². The van der Waals surface area contributed by atoms with Crippen molar-refractivity contribution in [2.45, 2.75) is 43.5 Å². The fourth-order valence-electron chi connectivity index (χ4n) is 5.54. The molecule has 0 aliphatic carbocycles. The molecule has 20 heteroatoms. The fourth-order valence-corrected chi connectivity index (χ4v) is 7.80. The number of fused-ring (bicyclic) bond motifs is 2. The molecule has 0 saturated carbocycles. The summed E-state index contributed by atoms with van der Waals surface area (Å²) in [5.41, 5.74) is 12.8. The Morgan fingerprint density at radius 2 is 2.15 bits per heavy atom. The largest absolute Gasteiger partial charge is 0.543 e. The smallest absolute Gasteiger partial charge is 0.351 e. The first kappa shape index (κ1) is 31.5. The van der Waals surface area contributed by atoms with Gasteiger partial charge in [-0.2, -0.15) is 0 Å². The number of nitrogen functional groups attached to an aromatic ring is 2. The van der Waals surface area contributed by atoms with Gasteiger partial charge in [-0.1, -0.05) is 28.1 Å². The molecule has 4 atom stereocenters. The van der Waals surface area contributed by atoms with Gasteiger partial charge in [0.2, 0.25) is 6.10 Å². The second-order valence-electron chi connectivity index (χ2n) is 10.6. The number of hydrogen-bond donors (Lipinski definition) is 5. The molecule has 0 aromatic carbocycles. The predicted molar refractivity (Wildman–Crippen MR) is 164 cm³/mol. The van der Waals surface area contributed by atoms with E-state index >= 15 is 0 Å². The number of β-lactam (4-membered cyclic amide) rings is 1. The van der Waals surface area contributed by atoms with Gasteiger partial charge in [0, 0.05) is 17.9 Å². The van der Waals surface area contributed by atoms with Crippen LogP contribution in [0.4, 0.5) is 11.1 Å². The lowest BCUT2D eigenvalue weighted by Crippen LogP contribution is -2.71. The Labute approximate surface area is 273 Å². The average molecular weight is 691 g/mol. The first-order chi connectivity index (χ1) is 22.0. The number of thiazole rings is 1. The van der Waals surface area contributed by atoms with Crippen LogP contribution in [0.1, 0.15) is 25.1 Å². The van der Waals surface area contributed by atoms with Gasteiger partial charge in [-0.15, -0.1) is 11.8 Å². The Kier molecular flexibility index (Phi) is 8.49. The summed E-state index contributed by atoms with van der Waals surface area (Å²) in [6.07, 6.45) is 1.23. The molecule has 6 heterocycles. The van der Waals surface area contributed by atoms with E-state index in [1.54, 1.807) is 10.8 Å². The van der Waals surface area contributed by atoms with Crippen molar-refractivity contribution < 1.29 is 38.8 Å². The fraction of sp³-hybridized carbons (Fsp3) is 0.385. The van der Waals surface area contributed by atoms with Gasteiger partial charge in [0.1, 0.15) is 33.5 Å². The third kappa shape index (κ3) is 5.59. The number of oxime groups is 1. The second kappa shape index (κ2) is 12.4. The van der Waals surface area contributed by atoms with Gasteiger partial charge in [-0.25, -0.2) is 14.3 Å². The molecule has 17 nitrogen and oxygen atoms in total. The maximum Gasteiger partial charge on any atom is 0.351 e. The number of aliphatic carboxylic acids is 2. The lowest BCUT2D eigenvalue weighted by atomic mass is 10.0. The van der Waals surface area contributed by atoms with Crippen LogP contribution in [0.3, 0.4) is 0 Å². The monoisotopic (exact) mass is 690 g/mol. The molecular formula is C26H27ClN10O7S2. The molecule has 0 radical (unpaired) electrons. The number of nitrogens with two attached hydrogens (primary N) is 2. The van der Waals surface area contributed by atoms with Crippen molar-refractivity contribution in [2.75, 3.05) is 30.3 Å². The van der Waals surface area contributed by atoms with Crippen molar-refractivity contribution in [1.82, 2.24) is 30.1 Å². The van der Waals surface area contributed by atoms with Crippen LogP contribution in [0.5, 0.6) is 0 Å². The molecule has 3 aliphatic heterocycles. The molecular weight excluding hydrogens is 664 g/mol. The van der Waals surface area contributed by atoms with Gasteiger partial charge in [-0.3, -0.25) is 19.1 Å². The number of halogens is 1. The molecule has 1 unspecified atom stereocenters.